The molecular formula is C21H23NO3. The van der Waals surface area contributed by atoms with E-state index in [4.69, 9.17) is 4.74 Å². The molecule has 25 heavy (non-hydrogen) atoms. The van der Waals surface area contributed by atoms with Gasteiger partial charge >= 0.3 is 0 Å². The molecule has 0 bridgehead atoms. The minimum absolute atomic E-state index is 0.00982. The van der Waals surface area contributed by atoms with E-state index in [1.807, 2.05) is 43.3 Å². The van der Waals surface area contributed by atoms with E-state index in [9.17, 15) is 9.90 Å². The van der Waals surface area contributed by atoms with Gasteiger partial charge in [-0.3, -0.25) is 4.79 Å². The van der Waals surface area contributed by atoms with E-state index in [2.05, 4.69) is 24.3 Å². The smallest absolute Gasteiger partial charge is 0.246 e. The van der Waals surface area contributed by atoms with Crippen molar-refractivity contribution in [2.24, 2.45) is 0 Å². The molecule has 4 heteroatoms. The summed E-state index contributed by atoms with van der Waals surface area (Å²) in [6, 6.07) is 18.3. The van der Waals surface area contributed by atoms with Gasteiger partial charge in [-0.2, -0.15) is 0 Å². The molecule has 0 spiro atoms. The monoisotopic (exact) mass is 337 g/mol. The maximum atomic E-state index is 12.5. The molecule has 1 saturated heterocycles. The highest BCUT2D eigenvalue weighted by Gasteiger charge is 2.27. The Morgan fingerprint density at radius 3 is 2.72 bits per heavy atom. The van der Waals surface area contributed by atoms with Gasteiger partial charge in [0.25, 0.3) is 0 Å². The number of hydrogen-bond donors (Lipinski definition) is 1. The molecule has 0 aromatic heterocycles. The highest BCUT2D eigenvalue weighted by atomic mass is 16.5. The number of rotatable bonds is 4. The Morgan fingerprint density at radius 1 is 1.20 bits per heavy atom. The lowest BCUT2D eigenvalue weighted by Crippen LogP contribution is -2.51. The lowest BCUT2D eigenvalue weighted by molar-refractivity contribution is -0.140. The zero-order chi connectivity index (χ0) is 17.6. The van der Waals surface area contributed by atoms with Crippen LogP contribution in [-0.4, -0.2) is 47.8 Å². The summed E-state index contributed by atoms with van der Waals surface area (Å²) in [6.07, 6.45) is 3.14. The Bertz CT molecular complexity index is 742. The Kier molecular flexibility index (Phi) is 5.64. The van der Waals surface area contributed by atoms with E-state index in [1.54, 1.807) is 11.0 Å². The van der Waals surface area contributed by atoms with Gasteiger partial charge in [-0.05, 0) is 35.8 Å². The molecule has 1 N–H and O–H groups in total. The lowest BCUT2D eigenvalue weighted by Gasteiger charge is -2.36. The van der Waals surface area contributed by atoms with Crippen LogP contribution in [0.15, 0.2) is 60.7 Å². The van der Waals surface area contributed by atoms with Gasteiger partial charge in [-0.25, -0.2) is 0 Å². The van der Waals surface area contributed by atoms with Crippen LogP contribution in [0, 0.1) is 0 Å². The largest absolute Gasteiger partial charge is 0.394 e. The molecule has 130 valence electrons. The Morgan fingerprint density at radius 2 is 1.96 bits per heavy atom. The predicted octanol–water partition coefficient (Wildman–Crippen LogP) is 2.98. The maximum absolute atomic E-state index is 12.5. The molecule has 4 nitrogen and oxygen atoms in total. The molecule has 1 aliphatic rings. The van der Waals surface area contributed by atoms with E-state index in [0.717, 1.165) is 16.7 Å². The van der Waals surface area contributed by atoms with Gasteiger partial charge < -0.3 is 14.7 Å². The summed E-state index contributed by atoms with van der Waals surface area (Å²) >= 11 is 0. The number of hydrogen-bond acceptors (Lipinski definition) is 3. The van der Waals surface area contributed by atoms with E-state index in [1.165, 1.54) is 0 Å². The average Bonchev–Trinajstić information content (AvgIpc) is 2.67. The summed E-state index contributed by atoms with van der Waals surface area (Å²) in [6.45, 7) is 2.76. The number of benzene rings is 2. The zero-order valence-corrected chi connectivity index (χ0v) is 14.3. The Balaban J connectivity index is 1.72. The van der Waals surface area contributed by atoms with Crippen LogP contribution in [-0.2, 0) is 9.53 Å². The number of carbonyl (C=O) groups is 1. The zero-order valence-electron chi connectivity index (χ0n) is 14.3. The van der Waals surface area contributed by atoms with Crippen molar-refractivity contribution in [3.05, 3.63) is 66.2 Å². The van der Waals surface area contributed by atoms with Crippen LogP contribution in [0.3, 0.4) is 0 Å². The third-order valence-electron chi connectivity index (χ3n) is 4.40. The number of amides is 1. The fraction of sp³-hybridized carbons (Fsp3) is 0.286. The van der Waals surface area contributed by atoms with Gasteiger partial charge in [0.1, 0.15) is 0 Å². The topological polar surface area (TPSA) is 49.8 Å². The van der Waals surface area contributed by atoms with Crippen molar-refractivity contribution in [2.75, 3.05) is 19.8 Å². The first-order valence-electron chi connectivity index (χ1n) is 8.54. The SMILES string of the molecule is CC1COC(CO)CN1C(=O)/C=C/c1cccc(-c2ccccc2)c1. The second kappa shape index (κ2) is 8.10. The summed E-state index contributed by atoms with van der Waals surface area (Å²) in [5, 5.41) is 9.24. The summed E-state index contributed by atoms with van der Waals surface area (Å²) in [5.74, 6) is -0.0561. The first kappa shape index (κ1) is 17.4. The highest BCUT2D eigenvalue weighted by Crippen LogP contribution is 2.21. The Hall–Kier alpha value is -2.43. The minimum Gasteiger partial charge on any atom is -0.394 e. The summed E-state index contributed by atoms with van der Waals surface area (Å²) in [5.41, 5.74) is 3.25. The third kappa shape index (κ3) is 4.35. The third-order valence-corrected chi connectivity index (χ3v) is 4.40. The molecule has 0 radical (unpaired) electrons. The van der Waals surface area contributed by atoms with E-state index < -0.39 is 0 Å². The van der Waals surface area contributed by atoms with Crippen molar-refractivity contribution < 1.29 is 14.6 Å². The molecule has 2 atom stereocenters. The maximum Gasteiger partial charge on any atom is 0.246 e. The van der Waals surface area contributed by atoms with Crippen molar-refractivity contribution in [2.45, 2.75) is 19.1 Å². The molecule has 3 rings (SSSR count). The first-order valence-corrected chi connectivity index (χ1v) is 8.54. The number of nitrogens with zero attached hydrogens (tertiary/aromatic N) is 1. The standard InChI is InChI=1S/C21H23NO3/c1-16-15-25-20(14-23)13-22(16)21(24)11-10-17-6-5-9-19(12-17)18-7-3-2-4-8-18/h2-12,16,20,23H,13-15H2,1H3/b11-10+. The fourth-order valence-corrected chi connectivity index (χ4v) is 2.95. The molecule has 2 aromatic rings. The normalized spacial score (nSPS) is 20.8. The van der Waals surface area contributed by atoms with E-state index in [0.29, 0.717) is 13.2 Å². The fourth-order valence-electron chi connectivity index (χ4n) is 2.95. The van der Waals surface area contributed by atoms with Gasteiger partial charge in [-0.1, -0.05) is 48.5 Å². The molecule has 2 aromatic carbocycles. The van der Waals surface area contributed by atoms with Crippen LogP contribution < -0.4 is 0 Å². The quantitative estimate of drug-likeness (QED) is 0.873. The molecule has 0 aliphatic carbocycles. The van der Waals surface area contributed by atoms with Crippen molar-refractivity contribution in [3.63, 3.8) is 0 Å². The number of aliphatic hydroxyl groups excluding tert-OH is 1. The van der Waals surface area contributed by atoms with Gasteiger partial charge in [0.15, 0.2) is 0 Å². The minimum atomic E-state index is -0.296. The van der Waals surface area contributed by atoms with Crippen LogP contribution >= 0.6 is 0 Å². The van der Waals surface area contributed by atoms with Gasteiger partial charge in [-0.15, -0.1) is 0 Å². The first-order chi connectivity index (χ1) is 12.2. The van der Waals surface area contributed by atoms with Crippen LogP contribution in [0.2, 0.25) is 0 Å². The van der Waals surface area contributed by atoms with Gasteiger partial charge in [0.05, 0.1) is 25.4 Å². The number of ether oxygens (including phenoxy) is 1. The number of morpholine rings is 1. The molecule has 1 aliphatic heterocycles. The highest BCUT2D eigenvalue weighted by molar-refractivity contribution is 5.92. The van der Waals surface area contributed by atoms with Gasteiger partial charge in [0, 0.05) is 12.6 Å². The van der Waals surface area contributed by atoms with Crippen molar-refractivity contribution in [3.8, 4) is 11.1 Å². The summed E-state index contributed by atoms with van der Waals surface area (Å²) < 4.78 is 5.48. The Labute approximate surface area is 148 Å². The lowest BCUT2D eigenvalue weighted by atomic mass is 10.0. The van der Waals surface area contributed by atoms with Crippen molar-refractivity contribution in [1.29, 1.82) is 0 Å². The van der Waals surface area contributed by atoms with Gasteiger partial charge in [0.2, 0.25) is 5.91 Å². The number of aliphatic hydroxyl groups is 1. The van der Waals surface area contributed by atoms with Crippen LogP contribution in [0.25, 0.3) is 17.2 Å². The average molecular weight is 337 g/mol. The van der Waals surface area contributed by atoms with Crippen LogP contribution in [0.4, 0.5) is 0 Å². The molecule has 1 amide bonds. The molecule has 1 fully saturated rings. The van der Waals surface area contributed by atoms with E-state index in [-0.39, 0.29) is 24.7 Å². The van der Waals surface area contributed by atoms with Crippen molar-refractivity contribution in [1.82, 2.24) is 4.90 Å². The number of carbonyl (C=O) groups excluding carboxylic acids is 1. The second-order valence-electron chi connectivity index (χ2n) is 6.30. The van der Waals surface area contributed by atoms with Crippen LogP contribution in [0.5, 0.6) is 0 Å². The molecular weight excluding hydrogens is 314 g/mol. The summed E-state index contributed by atoms with van der Waals surface area (Å²) in [7, 11) is 0. The van der Waals surface area contributed by atoms with Crippen LogP contribution in [0.1, 0.15) is 12.5 Å². The molecule has 0 saturated carbocycles. The molecule has 2 unspecified atom stereocenters. The predicted molar refractivity (Wildman–Crippen MR) is 98.9 cm³/mol. The van der Waals surface area contributed by atoms with Crippen molar-refractivity contribution >= 4 is 12.0 Å². The molecule has 1 heterocycles. The second-order valence-corrected chi connectivity index (χ2v) is 6.30. The van der Waals surface area contributed by atoms with E-state index >= 15 is 0 Å². The summed E-state index contributed by atoms with van der Waals surface area (Å²) in [4.78, 5) is 14.3.